The van der Waals surface area contributed by atoms with Gasteiger partial charge in [0, 0.05) is 4.90 Å². The third-order valence-corrected chi connectivity index (χ3v) is 3.23. The van der Waals surface area contributed by atoms with Crippen LogP contribution in [-0.2, 0) is 0 Å². The summed E-state index contributed by atoms with van der Waals surface area (Å²) in [7, 11) is 0. The van der Waals surface area contributed by atoms with Gasteiger partial charge in [0.15, 0.2) is 0 Å². The Balaban J connectivity index is 2.31. The molecule has 0 spiro atoms. The van der Waals surface area contributed by atoms with Crippen molar-refractivity contribution in [1.29, 1.82) is 0 Å². The number of thiol groups is 1. The SMILES string of the molecule is Sc1ccc2c(-c3ccccc3)cccc2c1. The fourth-order valence-electron chi connectivity index (χ4n) is 2.14. The van der Waals surface area contributed by atoms with E-state index >= 15 is 0 Å². The average molecular weight is 236 g/mol. The van der Waals surface area contributed by atoms with Crippen LogP contribution in [0.2, 0.25) is 0 Å². The molecule has 3 aromatic carbocycles. The molecule has 0 aliphatic heterocycles. The van der Waals surface area contributed by atoms with Crippen LogP contribution >= 0.6 is 12.6 Å². The minimum absolute atomic E-state index is 1.00. The van der Waals surface area contributed by atoms with Crippen molar-refractivity contribution < 1.29 is 0 Å². The van der Waals surface area contributed by atoms with Gasteiger partial charge in [0.1, 0.15) is 0 Å². The Morgan fingerprint density at radius 1 is 0.706 bits per heavy atom. The molecular formula is C16H12S. The molecule has 0 saturated heterocycles. The molecule has 0 atom stereocenters. The first kappa shape index (κ1) is 10.4. The van der Waals surface area contributed by atoms with Crippen molar-refractivity contribution in [3.8, 4) is 11.1 Å². The van der Waals surface area contributed by atoms with Gasteiger partial charge in [-0.1, -0.05) is 54.6 Å². The fourth-order valence-corrected chi connectivity index (χ4v) is 2.35. The van der Waals surface area contributed by atoms with Crippen molar-refractivity contribution in [3.05, 3.63) is 66.7 Å². The molecule has 0 bridgehead atoms. The summed E-state index contributed by atoms with van der Waals surface area (Å²) in [6.07, 6.45) is 0. The van der Waals surface area contributed by atoms with Crippen LogP contribution < -0.4 is 0 Å². The maximum atomic E-state index is 4.38. The summed E-state index contributed by atoms with van der Waals surface area (Å²) in [4.78, 5) is 1.00. The van der Waals surface area contributed by atoms with E-state index in [1.54, 1.807) is 0 Å². The molecule has 0 N–H and O–H groups in total. The highest BCUT2D eigenvalue weighted by atomic mass is 32.1. The molecule has 0 radical (unpaired) electrons. The first-order valence-electron chi connectivity index (χ1n) is 5.62. The minimum atomic E-state index is 1.00. The van der Waals surface area contributed by atoms with E-state index in [4.69, 9.17) is 0 Å². The third-order valence-electron chi connectivity index (χ3n) is 2.95. The van der Waals surface area contributed by atoms with Gasteiger partial charge in [0.05, 0.1) is 0 Å². The van der Waals surface area contributed by atoms with Crippen molar-refractivity contribution in [2.24, 2.45) is 0 Å². The summed E-state index contributed by atoms with van der Waals surface area (Å²) >= 11 is 4.38. The molecule has 0 fully saturated rings. The van der Waals surface area contributed by atoms with Gasteiger partial charge in [-0.3, -0.25) is 0 Å². The average Bonchev–Trinajstić information content (AvgIpc) is 2.39. The summed E-state index contributed by atoms with van der Waals surface area (Å²) in [5.74, 6) is 0. The van der Waals surface area contributed by atoms with Crippen LogP contribution in [0.5, 0.6) is 0 Å². The number of benzene rings is 3. The van der Waals surface area contributed by atoms with Crippen LogP contribution in [0.25, 0.3) is 21.9 Å². The van der Waals surface area contributed by atoms with Crippen molar-refractivity contribution >= 4 is 23.4 Å². The molecule has 0 aliphatic carbocycles. The molecule has 0 nitrogen and oxygen atoms in total. The molecular weight excluding hydrogens is 224 g/mol. The second-order valence-corrected chi connectivity index (χ2v) is 4.59. The van der Waals surface area contributed by atoms with E-state index in [9.17, 15) is 0 Å². The van der Waals surface area contributed by atoms with Crippen molar-refractivity contribution in [2.75, 3.05) is 0 Å². The van der Waals surface area contributed by atoms with Crippen molar-refractivity contribution in [2.45, 2.75) is 4.90 Å². The molecule has 3 aromatic rings. The fraction of sp³-hybridized carbons (Fsp3) is 0. The van der Waals surface area contributed by atoms with Crippen LogP contribution in [0, 0.1) is 0 Å². The lowest BCUT2D eigenvalue weighted by molar-refractivity contribution is 1.52. The first-order valence-corrected chi connectivity index (χ1v) is 6.06. The number of hydrogen-bond acceptors (Lipinski definition) is 1. The maximum absolute atomic E-state index is 4.38. The Bertz CT molecular complexity index is 657. The molecule has 0 saturated carbocycles. The predicted molar refractivity (Wildman–Crippen MR) is 76.6 cm³/mol. The van der Waals surface area contributed by atoms with E-state index in [0.29, 0.717) is 0 Å². The Labute approximate surface area is 106 Å². The molecule has 17 heavy (non-hydrogen) atoms. The van der Waals surface area contributed by atoms with Gasteiger partial charge in [-0.05, 0) is 34.0 Å². The Morgan fingerprint density at radius 2 is 1.53 bits per heavy atom. The van der Waals surface area contributed by atoms with Gasteiger partial charge in [-0.25, -0.2) is 0 Å². The molecule has 82 valence electrons. The highest BCUT2D eigenvalue weighted by Gasteiger charge is 2.02. The van der Waals surface area contributed by atoms with Crippen LogP contribution in [-0.4, -0.2) is 0 Å². The zero-order valence-electron chi connectivity index (χ0n) is 9.30. The first-order chi connectivity index (χ1) is 8.34. The van der Waals surface area contributed by atoms with E-state index in [-0.39, 0.29) is 0 Å². The smallest absolute Gasteiger partial charge is 0.00463 e. The molecule has 1 heteroatoms. The highest BCUT2D eigenvalue weighted by molar-refractivity contribution is 7.80. The Morgan fingerprint density at radius 3 is 2.35 bits per heavy atom. The lowest BCUT2D eigenvalue weighted by atomic mass is 9.98. The quantitative estimate of drug-likeness (QED) is 0.577. The van der Waals surface area contributed by atoms with E-state index in [2.05, 4.69) is 67.2 Å². The summed E-state index contributed by atoms with van der Waals surface area (Å²) in [6, 6.07) is 23.1. The summed E-state index contributed by atoms with van der Waals surface area (Å²) in [5, 5.41) is 2.51. The van der Waals surface area contributed by atoms with Gasteiger partial charge >= 0.3 is 0 Å². The van der Waals surface area contributed by atoms with Crippen molar-refractivity contribution in [1.82, 2.24) is 0 Å². The number of fused-ring (bicyclic) bond motifs is 1. The van der Waals surface area contributed by atoms with E-state index in [1.165, 1.54) is 21.9 Å². The normalized spacial score (nSPS) is 10.6. The van der Waals surface area contributed by atoms with Gasteiger partial charge in [-0.2, -0.15) is 0 Å². The summed E-state index contributed by atoms with van der Waals surface area (Å²) < 4.78 is 0. The Kier molecular flexibility index (Phi) is 2.62. The molecule has 0 aromatic heterocycles. The summed E-state index contributed by atoms with van der Waals surface area (Å²) in [5.41, 5.74) is 2.53. The standard InChI is InChI=1S/C16H12S/c17-14-9-10-16-13(11-14)7-4-8-15(16)12-5-2-1-3-6-12/h1-11,17H. The maximum Gasteiger partial charge on any atom is 0.00463 e. The Hall–Kier alpha value is -1.73. The monoisotopic (exact) mass is 236 g/mol. The third kappa shape index (κ3) is 1.94. The molecule has 0 heterocycles. The minimum Gasteiger partial charge on any atom is -0.143 e. The number of rotatable bonds is 1. The highest BCUT2D eigenvalue weighted by Crippen LogP contribution is 2.29. The summed E-state index contributed by atoms with van der Waals surface area (Å²) in [6.45, 7) is 0. The van der Waals surface area contributed by atoms with E-state index in [1.807, 2.05) is 12.1 Å². The zero-order chi connectivity index (χ0) is 11.7. The zero-order valence-corrected chi connectivity index (χ0v) is 10.2. The van der Waals surface area contributed by atoms with Crippen molar-refractivity contribution in [3.63, 3.8) is 0 Å². The second kappa shape index (κ2) is 4.27. The van der Waals surface area contributed by atoms with Crippen LogP contribution in [0.4, 0.5) is 0 Å². The molecule has 0 amide bonds. The molecule has 0 unspecified atom stereocenters. The van der Waals surface area contributed by atoms with Gasteiger partial charge in [0.25, 0.3) is 0 Å². The van der Waals surface area contributed by atoms with E-state index in [0.717, 1.165) is 4.90 Å². The second-order valence-electron chi connectivity index (χ2n) is 4.08. The van der Waals surface area contributed by atoms with Gasteiger partial charge < -0.3 is 0 Å². The lowest BCUT2D eigenvalue weighted by Crippen LogP contribution is -1.81. The number of hydrogen-bond donors (Lipinski definition) is 1. The van der Waals surface area contributed by atoms with Gasteiger partial charge in [-0.15, -0.1) is 12.6 Å². The topological polar surface area (TPSA) is 0 Å². The van der Waals surface area contributed by atoms with Crippen LogP contribution in [0.1, 0.15) is 0 Å². The van der Waals surface area contributed by atoms with Crippen LogP contribution in [0.3, 0.4) is 0 Å². The lowest BCUT2D eigenvalue weighted by Gasteiger charge is -2.07. The van der Waals surface area contributed by atoms with Gasteiger partial charge in [0.2, 0.25) is 0 Å². The van der Waals surface area contributed by atoms with E-state index < -0.39 is 0 Å². The predicted octanol–water partition coefficient (Wildman–Crippen LogP) is 4.80. The largest absolute Gasteiger partial charge is 0.143 e. The molecule has 3 rings (SSSR count). The van der Waals surface area contributed by atoms with Crippen LogP contribution in [0.15, 0.2) is 71.6 Å². The molecule has 0 aliphatic rings.